The first-order valence-electron chi connectivity index (χ1n) is 5.97. The van der Waals surface area contributed by atoms with Crippen molar-refractivity contribution < 1.29 is 15.1 Å². The van der Waals surface area contributed by atoms with E-state index >= 15 is 0 Å². The van der Waals surface area contributed by atoms with Crippen LogP contribution in [0, 0.1) is 5.41 Å². The van der Waals surface area contributed by atoms with Crippen molar-refractivity contribution in [2.45, 2.75) is 39.2 Å². The number of rotatable bonds is 9. The minimum Gasteiger partial charge on any atom is -0.409 e. The molecular weight excluding hydrogens is 236 g/mol. The summed E-state index contributed by atoms with van der Waals surface area (Å²) in [6.07, 6.45) is 1.41. The third-order valence-corrected chi connectivity index (χ3v) is 2.87. The molecule has 0 aromatic heterocycles. The van der Waals surface area contributed by atoms with E-state index in [4.69, 9.17) is 21.8 Å². The van der Waals surface area contributed by atoms with Gasteiger partial charge in [0.2, 0.25) is 5.91 Å². The summed E-state index contributed by atoms with van der Waals surface area (Å²) < 4.78 is 0. The summed E-state index contributed by atoms with van der Waals surface area (Å²) in [4.78, 5) is 10.5. The fourth-order valence-electron chi connectivity index (χ4n) is 1.42. The topological polar surface area (TPSA) is 134 Å². The molecule has 0 saturated carbocycles. The summed E-state index contributed by atoms with van der Waals surface area (Å²) >= 11 is 0. The standard InChI is InChI=1S/C11H24N4O3/c1-11(2,10(13)15-18)5-3-4-6-14-7-8(16)9(12)17/h8,14,16,18H,3-7H2,1-2H3,(H2,12,17)(H2,13,15). The third kappa shape index (κ3) is 6.41. The van der Waals surface area contributed by atoms with Gasteiger partial charge in [0, 0.05) is 12.0 Å². The van der Waals surface area contributed by atoms with Gasteiger partial charge in [0.1, 0.15) is 11.9 Å². The Kier molecular flexibility index (Phi) is 7.30. The lowest BCUT2D eigenvalue weighted by atomic mass is 9.86. The Balaban J connectivity index is 3.66. The number of oxime groups is 1. The van der Waals surface area contributed by atoms with Gasteiger partial charge in [-0.05, 0) is 19.4 Å². The van der Waals surface area contributed by atoms with Crippen molar-refractivity contribution >= 4 is 11.7 Å². The zero-order valence-electron chi connectivity index (χ0n) is 11.0. The van der Waals surface area contributed by atoms with Crippen molar-refractivity contribution in [2.75, 3.05) is 13.1 Å². The first-order chi connectivity index (χ1) is 8.31. The second kappa shape index (κ2) is 7.88. The van der Waals surface area contributed by atoms with Gasteiger partial charge < -0.3 is 27.1 Å². The second-order valence-electron chi connectivity index (χ2n) is 4.95. The highest BCUT2D eigenvalue weighted by molar-refractivity contribution is 5.85. The van der Waals surface area contributed by atoms with Crippen molar-refractivity contribution in [1.29, 1.82) is 0 Å². The SMILES string of the molecule is CC(C)(CCCCNCC(O)C(N)=O)C(N)=NO. The average Bonchev–Trinajstić information content (AvgIpc) is 2.31. The molecule has 1 atom stereocenters. The molecule has 0 aromatic rings. The van der Waals surface area contributed by atoms with Crippen molar-refractivity contribution in [1.82, 2.24) is 5.32 Å². The van der Waals surface area contributed by atoms with Gasteiger partial charge in [0.25, 0.3) is 0 Å². The maximum Gasteiger partial charge on any atom is 0.247 e. The molecule has 0 saturated heterocycles. The van der Waals surface area contributed by atoms with E-state index < -0.39 is 12.0 Å². The summed E-state index contributed by atoms with van der Waals surface area (Å²) in [6, 6.07) is 0. The molecule has 0 aliphatic rings. The number of carbonyl (C=O) groups excluding carboxylic acids is 1. The van der Waals surface area contributed by atoms with Crippen LogP contribution in [0.2, 0.25) is 0 Å². The number of nitrogens with one attached hydrogen (secondary N) is 1. The molecule has 0 bridgehead atoms. The molecule has 0 heterocycles. The normalized spacial score (nSPS) is 14.5. The molecule has 0 aromatic carbocycles. The Morgan fingerprint density at radius 3 is 2.50 bits per heavy atom. The van der Waals surface area contributed by atoms with Crippen molar-refractivity contribution in [2.24, 2.45) is 22.0 Å². The minimum absolute atomic E-state index is 0.166. The largest absolute Gasteiger partial charge is 0.409 e. The second-order valence-corrected chi connectivity index (χ2v) is 4.95. The molecule has 0 rings (SSSR count). The quantitative estimate of drug-likeness (QED) is 0.124. The molecule has 1 unspecified atom stereocenters. The number of carbonyl (C=O) groups is 1. The van der Waals surface area contributed by atoms with Gasteiger partial charge in [-0.1, -0.05) is 25.4 Å². The van der Waals surface area contributed by atoms with E-state index in [0.29, 0.717) is 6.54 Å². The smallest absolute Gasteiger partial charge is 0.247 e. The van der Waals surface area contributed by atoms with Gasteiger partial charge in [-0.15, -0.1) is 0 Å². The first-order valence-corrected chi connectivity index (χ1v) is 5.97. The number of unbranched alkanes of at least 4 members (excludes halogenated alkanes) is 1. The van der Waals surface area contributed by atoms with Crippen LogP contribution in [0.4, 0.5) is 0 Å². The van der Waals surface area contributed by atoms with Crippen LogP contribution in [0.1, 0.15) is 33.1 Å². The van der Waals surface area contributed by atoms with Gasteiger partial charge in [0.05, 0.1) is 0 Å². The van der Waals surface area contributed by atoms with E-state index in [9.17, 15) is 4.79 Å². The van der Waals surface area contributed by atoms with E-state index in [2.05, 4.69) is 10.5 Å². The Bertz CT molecular complexity index is 292. The molecule has 7 heteroatoms. The highest BCUT2D eigenvalue weighted by Gasteiger charge is 2.22. The number of primary amides is 1. The summed E-state index contributed by atoms with van der Waals surface area (Å²) in [5, 5.41) is 23.7. The predicted octanol–water partition coefficient (Wildman–Crippen LogP) is -0.635. The fraction of sp³-hybridized carbons (Fsp3) is 0.818. The van der Waals surface area contributed by atoms with Gasteiger partial charge in [0.15, 0.2) is 0 Å². The van der Waals surface area contributed by atoms with Crippen LogP contribution in [0.3, 0.4) is 0 Å². The molecule has 18 heavy (non-hydrogen) atoms. The maximum atomic E-state index is 10.5. The van der Waals surface area contributed by atoms with Gasteiger partial charge in [-0.25, -0.2) is 0 Å². The lowest BCUT2D eigenvalue weighted by Crippen LogP contribution is -2.38. The number of amidine groups is 1. The third-order valence-electron chi connectivity index (χ3n) is 2.87. The molecular formula is C11H24N4O3. The number of aliphatic hydroxyl groups is 1. The first kappa shape index (κ1) is 16.7. The van der Waals surface area contributed by atoms with Crippen molar-refractivity contribution in [3.8, 4) is 0 Å². The molecule has 0 aliphatic carbocycles. The number of nitrogens with two attached hydrogens (primary N) is 2. The molecule has 7 nitrogen and oxygen atoms in total. The number of aliphatic hydroxyl groups excluding tert-OH is 1. The number of nitrogens with zero attached hydrogens (tertiary/aromatic N) is 1. The highest BCUT2D eigenvalue weighted by Crippen LogP contribution is 2.22. The van der Waals surface area contributed by atoms with Crippen LogP contribution in [0.5, 0.6) is 0 Å². The molecule has 0 fully saturated rings. The Hall–Kier alpha value is -1.34. The van der Waals surface area contributed by atoms with Crippen LogP contribution in [-0.2, 0) is 4.79 Å². The van der Waals surface area contributed by atoms with Crippen LogP contribution < -0.4 is 16.8 Å². The zero-order valence-corrected chi connectivity index (χ0v) is 11.0. The van der Waals surface area contributed by atoms with E-state index in [-0.39, 0.29) is 17.8 Å². The Morgan fingerprint density at radius 2 is 2.00 bits per heavy atom. The van der Waals surface area contributed by atoms with E-state index in [0.717, 1.165) is 19.3 Å². The van der Waals surface area contributed by atoms with Gasteiger partial charge >= 0.3 is 0 Å². The van der Waals surface area contributed by atoms with E-state index in [1.165, 1.54) is 0 Å². The molecule has 0 aliphatic heterocycles. The van der Waals surface area contributed by atoms with Crippen LogP contribution in [0.25, 0.3) is 0 Å². The fourth-order valence-corrected chi connectivity index (χ4v) is 1.42. The Labute approximate surface area is 107 Å². The predicted molar refractivity (Wildman–Crippen MR) is 69.1 cm³/mol. The number of hydrogen-bond donors (Lipinski definition) is 5. The van der Waals surface area contributed by atoms with Crippen LogP contribution in [0.15, 0.2) is 5.16 Å². The molecule has 106 valence electrons. The molecule has 0 spiro atoms. The Morgan fingerprint density at radius 1 is 1.39 bits per heavy atom. The summed E-state index contributed by atoms with van der Waals surface area (Å²) in [5.74, 6) is -0.504. The summed E-state index contributed by atoms with van der Waals surface area (Å²) in [6.45, 7) is 4.66. The van der Waals surface area contributed by atoms with Crippen LogP contribution in [-0.4, -0.2) is 41.3 Å². The van der Waals surface area contributed by atoms with Gasteiger partial charge in [-0.3, -0.25) is 4.79 Å². The average molecular weight is 260 g/mol. The van der Waals surface area contributed by atoms with Gasteiger partial charge in [-0.2, -0.15) is 0 Å². The summed E-state index contributed by atoms with van der Waals surface area (Å²) in [5.41, 5.74) is 10.1. The van der Waals surface area contributed by atoms with Crippen molar-refractivity contribution in [3.63, 3.8) is 0 Å². The number of hydrogen-bond acceptors (Lipinski definition) is 5. The van der Waals surface area contributed by atoms with E-state index in [1.807, 2.05) is 13.8 Å². The zero-order chi connectivity index (χ0) is 14.2. The lowest BCUT2D eigenvalue weighted by Gasteiger charge is -2.22. The van der Waals surface area contributed by atoms with Crippen LogP contribution >= 0.6 is 0 Å². The van der Waals surface area contributed by atoms with E-state index in [1.54, 1.807) is 0 Å². The molecule has 0 radical (unpaired) electrons. The summed E-state index contributed by atoms with van der Waals surface area (Å²) in [7, 11) is 0. The maximum absolute atomic E-state index is 10.5. The molecule has 1 amide bonds. The minimum atomic E-state index is -1.14. The van der Waals surface area contributed by atoms with Crippen molar-refractivity contribution in [3.05, 3.63) is 0 Å². The monoisotopic (exact) mass is 260 g/mol. The highest BCUT2D eigenvalue weighted by atomic mass is 16.4. The molecule has 7 N–H and O–H groups in total. The lowest BCUT2D eigenvalue weighted by molar-refractivity contribution is -0.125. The number of amides is 1.